The Bertz CT molecular complexity index is 549. The van der Waals surface area contributed by atoms with Crippen molar-refractivity contribution in [2.75, 3.05) is 6.79 Å². The second-order valence-electron chi connectivity index (χ2n) is 3.78. The Morgan fingerprint density at radius 3 is 2.60 bits per heavy atom. The third-order valence-electron chi connectivity index (χ3n) is 2.64. The maximum Gasteiger partial charge on any atom is 0.231 e. The van der Waals surface area contributed by atoms with E-state index in [4.69, 9.17) is 9.47 Å². The Balaban J connectivity index is 2.38. The van der Waals surface area contributed by atoms with Crippen LogP contribution in [0.1, 0.15) is 11.4 Å². The van der Waals surface area contributed by atoms with Crippen LogP contribution in [0.25, 0.3) is 10.8 Å². The fourth-order valence-electron chi connectivity index (χ4n) is 1.97. The fraction of sp³-hybridized carbons (Fsp3) is 0.250. The highest BCUT2D eigenvalue weighted by molar-refractivity contribution is 5.88. The molecule has 1 aliphatic heterocycles. The van der Waals surface area contributed by atoms with Crippen molar-refractivity contribution in [3.63, 3.8) is 0 Å². The van der Waals surface area contributed by atoms with Gasteiger partial charge in [-0.15, -0.1) is 0 Å². The molecule has 1 aliphatic rings. The summed E-state index contributed by atoms with van der Waals surface area (Å²) in [4.78, 5) is 4.43. The van der Waals surface area contributed by atoms with Crippen molar-refractivity contribution in [1.29, 1.82) is 0 Å². The summed E-state index contributed by atoms with van der Waals surface area (Å²) in [6.07, 6.45) is 0. The number of hydrogen-bond acceptors (Lipinski definition) is 3. The molecule has 2 heterocycles. The van der Waals surface area contributed by atoms with E-state index in [0.29, 0.717) is 6.79 Å². The van der Waals surface area contributed by atoms with E-state index in [2.05, 4.69) is 11.1 Å². The van der Waals surface area contributed by atoms with Crippen LogP contribution in [0.5, 0.6) is 11.5 Å². The van der Waals surface area contributed by atoms with Gasteiger partial charge in [0.15, 0.2) is 11.5 Å². The van der Waals surface area contributed by atoms with Gasteiger partial charge in [-0.25, -0.2) is 0 Å². The molecule has 15 heavy (non-hydrogen) atoms. The minimum atomic E-state index is 0.317. The number of aryl methyl sites for hydroxylation is 2. The van der Waals surface area contributed by atoms with Crippen molar-refractivity contribution >= 4 is 10.8 Å². The van der Waals surface area contributed by atoms with Crippen LogP contribution < -0.4 is 9.47 Å². The normalized spacial score (nSPS) is 13.5. The molecular weight excluding hydrogens is 190 g/mol. The molecule has 0 fully saturated rings. The van der Waals surface area contributed by atoms with Crippen LogP contribution in [0.15, 0.2) is 18.2 Å². The molecule has 0 unspecified atom stereocenters. The van der Waals surface area contributed by atoms with E-state index < -0.39 is 0 Å². The Hall–Kier alpha value is -1.77. The smallest absolute Gasteiger partial charge is 0.231 e. The standard InChI is InChI=1S/C12H11NO2/c1-7-3-9-4-11-12(15-6-14-11)5-10(9)8(2)13-7/h3-5H,6H2,1-2H3. The second-order valence-corrected chi connectivity index (χ2v) is 3.78. The second kappa shape index (κ2) is 2.86. The first-order valence-corrected chi connectivity index (χ1v) is 4.91. The van der Waals surface area contributed by atoms with E-state index >= 15 is 0 Å². The molecule has 3 rings (SSSR count). The molecule has 0 radical (unpaired) electrons. The molecular formula is C12H11NO2. The first-order chi connectivity index (χ1) is 7.24. The van der Waals surface area contributed by atoms with Crippen molar-refractivity contribution in [3.05, 3.63) is 29.6 Å². The van der Waals surface area contributed by atoms with Gasteiger partial charge in [0, 0.05) is 16.8 Å². The summed E-state index contributed by atoms with van der Waals surface area (Å²) in [5.41, 5.74) is 2.06. The van der Waals surface area contributed by atoms with Gasteiger partial charge in [-0.3, -0.25) is 4.98 Å². The lowest BCUT2D eigenvalue weighted by atomic mass is 10.1. The third-order valence-corrected chi connectivity index (χ3v) is 2.64. The predicted octanol–water partition coefficient (Wildman–Crippen LogP) is 2.58. The number of fused-ring (bicyclic) bond motifs is 2. The summed E-state index contributed by atoms with van der Waals surface area (Å²) in [6, 6.07) is 6.07. The van der Waals surface area contributed by atoms with Gasteiger partial charge in [0.05, 0.1) is 0 Å². The zero-order valence-corrected chi connectivity index (χ0v) is 8.70. The summed E-state index contributed by atoms with van der Waals surface area (Å²) in [7, 11) is 0. The molecule has 3 nitrogen and oxygen atoms in total. The van der Waals surface area contributed by atoms with Crippen molar-refractivity contribution in [3.8, 4) is 11.5 Å². The molecule has 0 bridgehead atoms. The average Bonchev–Trinajstić information content (AvgIpc) is 2.61. The van der Waals surface area contributed by atoms with Gasteiger partial charge in [-0.05, 0) is 37.4 Å². The lowest BCUT2D eigenvalue weighted by Gasteiger charge is -2.04. The van der Waals surface area contributed by atoms with Crippen LogP contribution in [-0.2, 0) is 0 Å². The summed E-state index contributed by atoms with van der Waals surface area (Å²) in [6.45, 7) is 4.33. The lowest BCUT2D eigenvalue weighted by molar-refractivity contribution is 0.174. The molecule has 2 aromatic rings. The molecule has 0 atom stereocenters. The van der Waals surface area contributed by atoms with E-state index in [-0.39, 0.29) is 0 Å². The minimum Gasteiger partial charge on any atom is -0.454 e. The average molecular weight is 201 g/mol. The van der Waals surface area contributed by atoms with E-state index in [1.165, 1.54) is 0 Å². The highest BCUT2D eigenvalue weighted by Crippen LogP contribution is 2.36. The topological polar surface area (TPSA) is 31.4 Å². The summed E-state index contributed by atoms with van der Waals surface area (Å²) in [5.74, 6) is 1.64. The maximum atomic E-state index is 5.34. The Kier molecular flexibility index (Phi) is 1.63. The summed E-state index contributed by atoms with van der Waals surface area (Å²) < 4.78 is 10.7. The van der Waals surface area contributed by atoms with Crippen LogP contribution in [-0.4, -0.2) is 11.8 Å². The van der Waals surface area contributed by atoms with Gasteiger partial charge in [0.2, 0.25) is 6.79 Å². The van der Waals surface area contributed by atoms with Gasteiger partial charge in [-0.2, -0.15) is 0 Å². The Morgan fingerprint density at radius 1 is 1.07 bits per heavy atom. The molecule has 0 amide bonds. The SMILES string of the molecule is Cc1cc2cc3c(cc2c(C)n1)OCO3. The van der Waals surface area contributed by atoms with Gasteiger partial charge in [0.25, 0.3) is 0 Å². The van der Waals surface area contributed by atoms with Crippen LogP contribution in [0, 0.1) is 13.8 Å². The quantitative estimate of drug-likeness (QED) is 0.656. The zero-order chi connectivity index (χ0) is 10.4. The largest absolute Gasteiger partial charge is 0.454 e. The number of aromatic nitrogens is 1. The van der Waals surface area contributed by atoms with Crippen LogP contribution in [0.2, 0.25) is 0 Å². The fourth-order valence-corrected chi connectivity index (χ4v) is 1.97. The predicted molar refractivity (Wildman–Crippen MR) is 57.3 cm³/mol. The third kappa shape index (κ3) is 1.23. The van der Waals surface area contributed by atoms with E-state index in [9.17, 15) is 0 Å². The van der Waals surface area contributed by atoms with Gasteiger partial charge >= 0.3 is 0 Å². The summed E-state index contributed by atoms with van der Waals surface area (Å²) in [5, 5.41) is 2.29. The lowest BCUT2D eigenvalue weighted by Crippen LogP contribution is -1.92. The molecule has 3 heteroatoms. The van der Waals surface area contributed by atoms with Crippen LogP contribution in [0.4, 0.5) is 0 Å². The number of nitrogens with zero attached hydrogens (tertiary/aromatic N) is 1. The molecule has 0 spiro atoms. The highest BCUT2D eigenvalue weighted by Gasteiger charge is 2.15. The first kappa shape index (κ1) is 8.53. The molecule has 1 aromatic heterocycles. The molecule has 0 aliphatic carbocycles. The minimum absolute atomic E-state index is 0.317. The number of pyridine rings is 1. The van der Waals surface area contributed by atoms with Gasteiger partial charge < -0.3 is 9.47 Å². The number of benzene rings is 1. The van der Waals surface area contributed by atoms with Crippen molar-refractivity contribution in [2.24, 2.45) is 0 Å². The Morgan fingerprint density at radius 2 is 1.80 bits per heavy atom. The van der Waals surface area contributed by atoms with Crippen molar-refractivity contribution < 1.29 is 9.47 Å². The highest BCUT2D eigenvalue weighted by atomic mass is 16.7. The molecule has 1 aromatic carbocycles. The zero-order valence-electron chi connectivity index (χ0n) is 8.70. The van der Waals surface area contributed by atoms with Gasteiger partial charge in [0.1, 0.15) is 0 Å². The Labute approximate surface area is 87.6 Å². The first-order valence-electron chi connectivity index (χ1n) is 4.91. The van der Waals surface area contributed by atoms with Crippen molar-refractivity contribution in [2.45, 2.75) is 13.8 Å². The van der Waals surface area contributed by atoms with Crippen LogP contribution >= 0.6 is 0 Å². The molecule has 76 valence electrons. The summed E-state index contributed by atoms with van der Waals surface area (Å²) >= 11 is 0. The van der Waals surface area contributed by atoms with E-state index in [0.717, 1.165) is 33.7 Å². The molecule has 0 N–H and O–H groups in total. The van der Waals surface area contributed by atoms with Crippen molar-refractivity contribution in [1.82, 2.24) is 4.98 Å². The molecule has 0 saturated heterocycles. The number of rotatable bonds is 0. The van der Waals surface area contributed by atoms with Crippen LogP contribution in [0.3, 0.4) is 0 Å². The van der Waals surface area contributed by atoms with E-state index in [1.54, 1.807) is 0 Å². The van der Waals surface area contributed by atoms with E-state index in [1.807, 2.05) is 26.0 Å². The monoisotopic (exact) mass is 201 g/mol. The maximum absolute atomic E-state index is 5.34. The number of hydrogen-bond donors (Lipinski definition) is 0. The van der Waals surface area contributed by atoms with Gasteiger partial charge in [-0.1, -0.05) is 0 Å². The molecule has 0 saturated carbocycles. The number of ether oxygens (including phenoxy) is 2.